The summed E-state index contributed by atoms with van der Waals surface area (Å²) in [5, 5.41) is 0. The molecule has 1 aromatic carbocycles. The van der Waals surface area contributed by atoms with Gasteiger partial charge in [-0.15, -0.1) is 6.42 Å². The Balaban J connectivity index is 1.74. The molecule has 4 heteroatoms. The number of H-pyrrole nitrogens is 1. The van der Waals surface area contributed by atoms with Crippen LogP contribution >= 0.6 is 0 Å². The highest BCUT2D eigenvalue weighted by Crippen LogP contribution is 2.28. The van der Waals surface area contributed by atoms with E-state index >= 15 is 0 Å². The second kappa shape index (κ2) is 6.10. The Bertz CT molecular complexity index is 1010. The van der Waals surface area contributed by atoms with Crippen LogP contribution in [0.3, 0.4) is 0 Å². The number of benzene rings is 1. The zero-order valence-electron chi connectivity index (χ0n) is 13.1. The maximum absolute atomic E-state index is 5.77. The maximum Gasteiger partial charge on any atom is 0.177 e. The second-order valence-corrected chi connectivity index (χ2v) is 5.61. The van der Waals surface area contributed by atoms with Gasteiger partial charge >= 0.3 is 0 Å². The molecule has 0 bridgehead atoms. The van der Waals surface area contributed by atoms with Crippen LogP contribution in [0.25, 0.3) is 22.3 Å². The van der Waals surface area contributed by atoms with E-state index in [0.29, 0.717) is 25.1 Å². The highest BCUT2D eigenvalue weighted by molar-refractivity contribution is 5.78. The molecular weight excluding hydrogens is 298 g/mol. The van der Waals surface area contributed by atoms with E-state index in [4.69, 9.17) is 11.2 Å². The Morgan fingerprint density at radius 1 is 1.25 bits per heavy atom. The molecule has 3 heterocycles. The fourth-order valence-electron chi connectivity index (χ4n) is 2.78. The summed E-state index contributed by atoms with van der Waals surface area (Å²) < 4.78 is 5.77. The van der Waals surface area contributed by atoms with E-state index in [9.17, 15) is 0 Å². The lowest BCUT2D eigenvalue weighted by molar-refractivity contribution is 0.323. The smallest absolute Gasteiger partial charge is 0.177 e. The fourth-order valence-corrected chi connectivity index (χ4v) is 2.78. The number of pyridine rings is 1. The predicted octanol–water partition coefficient (Wildman–Crippen LogP) is 3.13. The Morgan fingerprint density at radius 3 is 3.12 bits per heavy atom. The number of nitrogens with zero attached hydrogens (tertiary/aromatic N) is 2. The van der Waals surface area contributed by atoms with Crippen molar-refractivity contribution in [3.05, 3.63) is 41.9 Å². The zero-order valence-corrected chi connectivity index (χ0v) is 13.1. The number of hydrogen-bond donors (Lipinski definition) is 1. The summed E-state index contributed by atoms with van der Waals surface area (Å²) in [5.74, 6) is 10.6. The molecule has 0 spiro atoms. The summed E-state index contributed by atoms with van der Waals surface area (Å²) in [6.07, 6.45) is 9.13. The van der Waals surface area contributed by atoms with Crippen LogP contribution in [0.2, 0.25) is 0 Å². The van der Waals surface area contributed by atoms with Crippen LogP contribution in [-0.2, 0) is 12.8 Å². The molecule has 1 aliphatic heterocycles. The molecule has 0 amide bonds. The van der Waals surface area contributed by atoms with Gasteiger partial charge in [0.15, 0.2) is 5.65 Å². The highest BCUT2D eigenvalue weighted by atomic mass is 16.5. The first kappa shape index (κ1) is 14.4. The van der Waals surface area contributed by atoms with E-state index in [2.05, 4.69) is 44.8 Å². The van der Waals surface area contributed by atoms with Crippen LogP contribution in [0.15, 0.2) is 30.5 Å². The zero-order chi connectivity index (χ0) is 16.4. The maximum atomic E-state index is 5.77. The van der Waals surface area contributed by atoms with Crippen molar-refractivity contribution in [2.45, 2.75) is 19.3 Å². The minimum absolute atomic E-state index is 0.473. The standard InChI is InChI=1S/C20H15N3O/c1-2-6-19-22-17-12-16(13-21-20(17)23-19)14-8-9-18-15(11-14)7-4-3-5-10-24-18/h1,8-9,11-13H,5-7,10H2,(H,21,22,23). The molecule has 0 unspecified atom stereocenters. The molecule has 4 nitrogen and oxygen atoms in total. The Labute approximate surface area is 140 Å². The van der Waals surface area contributed by atoms with Gasteiger partial charge in [0.2, 0.25) is 0 Å². The van der Waals surface area contributed by atoms with Crippen molar-refractivity contribution in [2.24, 2.45) is 0 Å². The van der Waals surface area contributed by atoms with Crippen LogP contribution in [-0.4, -0.2) is 21.6 Å². The van der Waals surface area contributed by atoms with E-state index in [-0.39, 0.29) is 0 Å². The molecule has 0 radical (unpaired) electrons. The minimum Gasteiger partial charge on any atom is -0.492 e. The lowest BCUT2D eigenvalue weighted by atomic mass is 10.0. The molecule has 1 aliphatic rings. The third kappa shape index (κ3) is 2.71. The molecular formula is C20H15N3O. The van der Waals surface area contributed by atoms with Gasteiger partial charge in [-0.25, -0.2) is 9.97 Å². The number of ether oxygens (including phenoxy) is 1. The van der Waals surface area contributed by atoms with Crippen LogP contribution < -0.4 is 4.74 Å². The first-order valence-electron chi connectivity index (χ1n) is 7.83. The number of rotatable bonds is 2. The lowest BCUT2D eigenvalue weighted by Crippen LogP contribution is -2.01. The van der Waals surface area contributed by atoms with E-state index in [0.717, 1.165) is 40.2 Å². The number of hydrogen-bond acceptors (Lipinski definition) is 3. The van der Waals surface area contributed by atoms with Gasteiger partial charge in [0.05, 0.1) is 18.5 Å². The molecule has 2 aromatic heterocycles. The molecule has 0 saturated carbocycles. The number of nitrogens with one attached hydrogen (secondary N) is 1. The first-order chi connectivity index (χ1) is 11.8. The van der Waals surface area contributed by atoms with Crippen LogP contribution in [0.1, 0.15) is 17.8 Å². The molecule has 0 fully saturated rings. The number of aromatic nitrogens is 3. The number of terminal acetylenes is 1. The van der Waals surface area contributed by atoms with Gasteiger partial charge in [0.25, 0.3) is 0 Å². The van der Waals surface area contributed by atoms with Gasteiger partial charge in [-0.2, -0.15) is 0 Å². The van der Waals surface area contributed by atoms with Crippen molar-refractivity contribution in [2.75, 3.05) is 6.61 Å². The second-order valence-electron chi connectivity index (χ2n) is 5.61. The van der Waals surface area contributed by atoms with E-state index in [1.165, 1.54) is 0 Å². The Morgan fingerprint density at radius 2 is 2.21 bits per heavy atom. The van der Waals surface area contributed by atoms with Crippen LogP contribution in [0.4, 0.5) is 0 Å². The van der Waals surface area contributed by atoms with E-state index < -0.39 is 0 Å². The first-order valence-corrected chi connectivity index (χ1v) is 7.83. The average Bonchev–Trinajstić information content (AvgIpc) is 2.97. The highest BCUT2D eigenvalue weighted by Gasteiger charge is 2.10. The summed E-state index contributed by atoms with van der Waals surface area (Å²) in [6, 6.07) is 8.23. The lowest BCUT2D eigenvalue weighted by Gasteiger charge is -2.12. The van der Waals surface area contributed by atoms with Gasteiger partial charge < -0.3 is 9.72 Å². The monoisotopic (exact) mass is 313 g/mol. The molecule has 0 atom stereocenters. The third-order valence-corrected chi connectivity index (χ3v) is 3.94. The number of aromatic amines is 1. The van der Waals surface area contributed by atoms with Gasteiger partial charge in [-0.1, -0.05) is 23.8 Å². The summed E-state index contributed by atoms with van der Waals surface area (Å²) in [7, 11) is 0. The summed E-state index contributed by atoms with van der Waals surface area (Å²) >= 11 is 0. The van der Waals surface area contributed by atoms with Crippen molar-refractivity contribution < 1.29 is 4.74 Å². The van der Waals surface area contributed by atoms with Crippen molar-refractivity contribution in [1.29, 1.82) is 0 Å². The topological polar surface area (TPSA) is 50.8 Å². The summed E-state index contributed by atoms with van der Waals surface area (Å²) in [5.41, 5.74) is 4.79. The molecule has 116 valence electrons. The van der Waals surface area contributed by atoms with Crippen LogP contribution in [0, 0.1) is 24.2 Å². The third-order valence-electron chi connectivity index (χ3n) is 3.94. The molecule has 0 saturated heterocycles. The number of imidazole rings is 1. The van der Waals surface area contributed by atoms with Crippen LogP contribution in [0.5, 0.6) is 5.75 Å². The average molecular weight is 313 g/mol. The Hall–Kier alpha value is -3.24. The summed E-state index contributed by atoms with van der Waals surface area (Å²) in [6.45, 7) is 0.638. The predicted molar refractivity (Wildman–Crippen MR) is 93.5 cm³/mol. The summed E-state index contributed by atoms with van der Waals surface area (Å²) in [4.78, 5) is 12.0. The van der Waals surface area contributed by atoms with Gasteiger partial charge in [0, 0.05) is 30.2 Å². The quantitative estimate of drug-likeness (QED) is 0.740. The molecule has 0 aliphatic carbocycles. The van der Waals surface area contributed by atoms with Gasteiger partial charge in [-0.05, 0) is 23.8 Å². The van der Waals surface area contributed by atoms with Crippen molar-refractivity contribution in [3.63, 3.8) is 0 Å². The van der Waals surface area contributed by atoms with Crippen molar-refractivity contribution >= 4 is 11.2 Å². The Kier molecular flexibility index (Phi) is 3.65. The van der Waals surface area contributed by atoms with Gasteiger partial charge in [0.1, 0.15) is 11.6 Å². The van der Waals surface area contributed by atoms with E-state index in [1.807, 2.05) is 18.3 Å². The molecule has 24 heavy (non-hydrogen) atoms. The molecule has 3 aromatic rings. The van der Waals surface area contributed by atoms with Gasteiger partial charge in [-0.3, -0.25) is 0 Å². The van der Waals surface area contributed by atoms with E-state index in [1.54, 1.807) is 0 Å². The molecule has 1 N–H and O–H groups in total. The SMILES string of the molecule is C#CCc1nc2ncc(-c3ccc4c(c3)CC#CCCO4)cc2[nH]1. The molecule has 4 rings (SSSR count). The number of fused-ring (bicyclic) bond motifs is 2. The minimum atomic E-state index is 0.473. The largest absolute Gasteiger partial charge is 0.492 e. The van der Waals surface area contributed by atoms with Crippen molar-refractivity contribution in [3.8, 4) is 41.1 Å². The fraction of sp³-hybridized carbons (Fsp3) is 0.200. The van der Waals surface area contributed by atoms with Crippen molar-refractivity contribution in [1.82, 2.24) is 15.0 Å². The normalized spacial score (nSPS) is 13.0.